The second kappa shape index (κ2) is 5.57. The second-order valence-corrected chi connectivity index (χ2v) is 5.26. The lowest BCUT2D eigenvalue weighted by atomic mass is 9.95. The van der Waals surface area contributed by atoms with Crippen molar-refractivity contribution in [3.8, 4) is 0 Å². The standard InChI is InChI=1S/C14H22N4O/c1-9-6-7-12(13(16)19)14(17-9)18-10(2)4-3-5-11(18)8-15/h6-7,10-11H,3-5,8,15H2,1-2H3,(H2,16,19). The van der Waals surface area contributed by atoms with Crippen LogP contribution in [0.2, 0.25) is 0 Å². The summed E-state index contributed by atoms with van der Waals surface area (Å²) in [6, 6.07) is 4.13. The largest absolute Gasteiger partial charge is 0.365 e. The Hall–Kier alpha value is -1.62. The average Bonchev–Trinajstić information content (AvgIpc) is 2.37. The van der Waals surface area contributed by atoms with Crippen LogP contribution in [0.4, 0.5) is 5.82 Å². The molecule has 2 atom stereocenters. The molecule has 0 aromatic carbocycles. The molecule has 0 saturated carbocycles. The Balaban J connectivity index is 2.48. The predicted octanol–water partition coefficient (Wildman–Crippen LogP) is 1.20. The molecule has 1 aromatic heterocycles. The molecule has 104 valence electrons. The van der Waals surface area contributed by atoms with Crippen molar-refractivity contribution in [2.75, 3.05) is 11.4 Å². The SMILES string of the molecule is Cc1ccc(C(N)=O)c(N2C(C)CCCC2CN)n1. The molecule has 19 heavy (non-hydrogen) atoms. The maximum absolute atomic E-state index is 11.6. The van der Waals surface area contributed by atoms with E-state index >= 15 is 0 Å². The van der Waals surface area contributed by atoms with Gasteiger partial charge >= 0.3 is 0 Å². The number of hydrogen-bond acceptors (Lipinski definition) is 4. The van der Waals surface area contributed by atoms with Crippen LogP contribution in [-0.4, -0.2) is 29.5 Å². The van der Waals surface area contributed by atoms with Crippen LogP contribution in [0.5, 0.6) is 0 Å². The molecular formula is C14H22N4O. The van der Waals surface area contributed by atoms with Crippen molar-refractivity contribution in [2.45, 2.75) is 45.2 Å². The summed E-state index contributed by atoms with van der Waals surface area (Å²) in [5, 5.41) is 0. The predicted molar refractivity (Wildman–Crippen MR) is 76.1 cm³/mol. The van der Waals surface area contributed by atoms with Gasteiger partial charge in [0.05, 0.1) is 5.56 Å². The van der Waals surface area contributed by atoms with E-state index in [0.717, 1.165) is 25.0 Å². The Morgan fingerprint density at radius 1 is 1.47 bits per heavy atom. The van der Waals surface area contributed by atoms with Crippen molar-refractivity contribution in [1.82, 2.24) is 4.98 Å². The summed E-state index contributed by atoms with van der Waals surface area (Å²) < 4.78 is 0. The smallest absolute Gasteiger partial charge is 0.252 e. The zero-order valence-corrected chi connectivity index (χ0v) is 11.6. The summed E-state index contributed by atoms with van der Waals surface area (Å²) in [7, 11) is 0. The average molecular weight is 262 g/mol. The van der Waals surface area contributed by atoms with Crippen molar-refractivity contribution in [3.63, 3.8) is 0 Å². The van der Waals surface area contributed by atoms with E-state index in [-0.39, 0.29) is 6.04 Å². The number of carbonyl (C=O) groups excluding carboxylic acids is 1. The van der Waals surface area contributed by atoms with E-state index < -0.39 is 5.91 Å². The van der Waals surface area contributed by atoms with Crippen LogP contribution in [0.1, 0.15) is 42.2 Å². The van der Waals surface area contributed by atoms with Gasteiger partial charge in [-0.15, -0.1) is 0 Å². The topological polar surface area (TPSA) is 85.2 Å². The Morgan fingerprint density at radius 3 is 2.84 bits per heavy atom. The fourth-order valence-corrected chi connectivity index (χ4v) is 2.83. The molecule has 0 radical (unpaired) electrons. The summed E-state index contributed by atoms with van der Waals surface area (Å²) in [6.45, 7) is 4.63. The number of amides is 1. The molecule has 0 spiro atoms. The third kappa shape index (κ3) is 2.71. The van der Waals surface area contributed by atoms with Gasteiger partial charge in [-0.25, -0.2) is 4.98 Å². The van der Waals surface area contributed by atoms with Crippen molar-refractivity contribution in [3.05, 3.63) is 23.4 Å². The molecule has 2 heterocycles. The number of aromatic nitrogens is 1. The van der Waals surface area contributed by atoms with Gasteiger partial charge in [-0.05, 0) is 45.2 Å². The van der Waals surface area contributed by atoms with E-state index in [1.165, 1.54) is 0 Å². The third-order valence-corrected chi connectivity index (χ3v) is 3.82. The van der Waals surface area contributed by atoms with E-state index in [1.54, 1.807) is 6.07 Å². The van der Waals surface area contributed by atoms with Gasteiger partial charge in [0.2, 0.25) is 0 Å². The number of rotatable bonds is 3. The molecule has 1 fully saturated rings. The minimum atomic E-state index is -0.434. The van der Waals surface area contributed by atoms with Crippen LogP contribution in [-0.2, 0) is 0 Å². The number of pyridine rings is 1. The number of aryl methyl sites for hydroxylation is 1. The molecule has 0 bridgehead atoms. The Labute approximate surface area is 114 Å². The zero-order valence-electron chi connectivity index (χ0n) is 11.6. The molecule has 1 aliphatic rings. The van der Waals surface area contributed by atoms with E-state index in [4.69, 9.17) is 11.5 Å². The lowest BCUT2D eigenvalue weighted by Gasteiger charge is -2.41. The molecule has 4 N–H and O–H groups in total. The highest BCUT2D eigenvalue weighted by Gasteiger charge is 2.30. The van der Waals surface area contributed by atoms with Crippen molar-refractivity contribution >= 4 is 11.7 Å². The fourth-order valence-electron chi connectivity index (χ4n) is 2.83. The first kappa shape index (κ1) is 13.8. The van der Waals surface area contributed by atoms with Gasteiger partial charge in [0.1, 0.15) is 5.82 Å². The van der Waals surface area contributed by atoms with Crippen LogP contribution in [0.3, 0.4) is 0 Å². The highest BCUT2D eigenvalue weighted by molar-refractivity contribution is 5.97. The summed E-state index contributed by atoms with van der Waals surface area (Å²) in [5.74, 6) is 0.256. The van der Waals surface area contributed by atoms with Gasteiger partial charge in [-0.2, -0.15) is 0 Å². The monoisotopic (exact) mass is 262 g/mol. The minimum Gasteiger partial charge on any atom is -0.365 e. The van der Waals surface area contributed by atoms with Crippen molar-refractivity contribution in [2.24, 2.45) is 11.5 Å². The number of piperidine rings is 1. The molecule has 0 aliphatic carbocycles. The quantitative estimate of drug-likeness (QED) is 0.857. The van der Waals surface area contributed by atoms with Crippen LogP contribution in [0.15, 0.2) is 12.1 Å². The van der Waals surface area contributed by atoms with Gasteiger partial charge in [-0.1, -0.05) is 0 Å². The van der Waals surface area contributed by atoms with E-state index in [0.29, 0.717) is 24.0 Å². The highest BCUT2D eigenvalue weighted by atomic mass is 16.1. The number of anilines is 1. The minimum absolute atomic E-state index is 0.233. The Morgan fingerprint density at radius 2 is 2.21 bits per heavy atom. The van der Waals surface area contributed by atoms with E-state index in [9.17, 15) is 4.79 Å². The summed E-state index contributed by atoms with van der Waals surface area (Å²) in [4.78, 5) is 18.3. The molecule has 1 aliphatic heterocycles. The normalized spacial score (nSPS) is 23.4. The first-order chi connectivity index (χ1) is 9.04. The van der Waals surface area contributed by atoms with Crippen molar-refractivity contribution in [1.29, 1.82) is 0 Å². The molecular weight excluding hydrogens is 240 g/mol. The summed E-state index contributed by atoms with van der Waals surface area (Å²) in [6.07, 6.45) is 3.29. The molecule has 2 rings (SSSR count). The first-order valence-electron chi connectivity index (χ1n) is 6.80. The number of primary amides is 1. The second-order valence-electron chi connectivity index (χ2n) is 5.26. The van der Waals surface area contributed by atoms with E-state index in [1.807, 2.05) is 13.0 Å². The van der Waals surface area contributed by atoms with Gasteiger partial charge < -0.3 is 16.4 Å². The highest BCUT2D eigenvalue weighted by Crippen LogP contribution is 2.30. The first-order valence-corrected chi connectivity index (χ1v) is 6.80. The third-order valence-electron chi connectivity index (χ3n) is 3.82. The van der Waals surface area contributed by atoms with Crippen molar-refractivity contribution < 1.29 is 4.79 Å². The van der Waals surface area contributed by atoms with Crippen LogP contribution in [0.25, 0.3) is 0 Å². The molecule has 5 nitrogen and oxygen atoms in total. The Kier molecular flexibility index (Phi) is 4.04. The lowest BCUT2D eigenvalue weighted by Crippen LogP contribution is -2.50. The van der Waals surface area contributed by atoms with Gasteiger partial charge in [-0.3, -0.25) is 4.79 Å². The van der Waals surface area contributed by atoms with Crippen LogP contribution < -0.4 is 16.4 Å². The fraction of sp³-hybridized carbons (Fsp3) is 0.571. The molecule has 2 unspecified atom stereocenters. The van der Waals surface area contributed by atoms with E-state index in [2.05, 4.69) is 16.8 Å². The summed E-state index contributed by atoms with van der Waals surface area (Å²) in [5.41, 5.74) is 12.7. The van der Waals surface area contributed by atoms with Gasteiger partial charge in [0, 0.05) is 24.3 Å². The molecule has 1 saturated heterocycles. The number of nitrogens with zero attached hydrogens (tertiary/aromatic N) is 2. The maximum Gasteiger partial charge on any atom is 0.252 e. The summed E-state index contributed by atoms with van der Waals surface area (Å²) >= 11 is 0. The van der Waals surface area contributed by atoms with Gasteiger partial charge in [0.15, 0.2) is 0 Å². The maximum atomic E-state index is 11.6. The van der Waals surface area contributed by atoms with Crippen LogP contribution in [0, 0.1) is 6.92 Å². The van der Waals surface area contributed by atoms with Gasteiger partial charge in [0.25, 0.3) is 5.91 Å². The lowest BCUT2D eigenvalue weighted by molar-refractivity contribution is 0.1000. The molecule has 1 amide bonds. The zero-order chi connectivity index (χ0) is 14.0. The number of hydrogen-bond donors (Lipinski definition) is 2. The molecule has 1 aromatic rings. The number of carbonyl (C=O) groups is 1. The van der Waals surface area contributed by atoms with Crippen LogP contribution >= 0.6 is 0 Å². The number of nitrogens with two attached hydrogens (primary N) is 2. The molecule has 5 heteroatoms. The Bertz CT molecular complexity index is 475.